The molecular weight excluding hydrogens is 536 g/mol. The molecule has 2 aliphatic heterocycles. The number of carbonyl (C=O) groups excluding carboxylic acids is 1. The van der Waals surface area contributed by atoms with Crippen LogP contribution in [0.1, 0.15) is 57.3 Å². The summed E-state index contributed by atoms with van der Waals surface area (Å²) in [6, 6.07) is 11.5. The Bertz CT molecular complexity index is 1630. The van der Waals surface area contributed by atoms with Crippen LogP contribution in [0.2, 0.25) is 0 Å². The van der Waals surface area contributed by atoms with Crippen LogP contribution in [0.3, 0.4) is 0 Å². The Kier molecular flexibility index (Phi) is 7.20. The molecule has 2 aromatic heterocycles. The molecule has 7 rings (SSSR count). The molecule has 11 heteroatoms. The first-order chi connectivity index (χ1) is 20.2. The second kappa shape index (κ2) is 10.8. The summed E-state index contributed by atoms with van der Waals surface area (Å²) in [5, 5.41) is 9.31. The van der Waals surface area contributed by atoms with Crippen molar-refractivity contribution >= 4 is 28.6 Å². The highest BCUT2D eigenvalue weighted by Crippen LogP contribution is 2.44. The number of para-hydroxylation sites is 1. The van der Waals surface area contributed by atoms with Crippen LogP contribution in [0.5, 0.6) is 17.2 Å². The fraction of sp³-hybridized carbons (Fsp3) is 0.484. The Labute approximate surface area is 245 Å². The number of amides is 1. The Morgan fingerprint density at radius 3 is 2.55 bits per heavy atom. The molecule has 2 bridgehead atoms. The Balaban J connectivity index is 1.39. The first-order valence-electron chi connectivity index (χ1n) is 14.4. The second-order valence-corrected chi connectivity index (χ2v) is 12.0. The van der Waals surface area contributed by atoms with Gasteiger partial charge in [-0.25, -0.2) is 14.8 Å². The quantitative estimate of drug-likeness (QED) is 0.309. The molecular formula is C31H38N6O5. The number of carbonyl (C=O) groups is 1. The van der Waals surface area contributed by atoms with Crippen LogP contribution in [0.15, 0.2) is 36.4 Å². The maximum absolute atomic E-state index is 13.2. The van der Waals surface area contributed by atoms with E-state index in [1.807, 2.05) is 62.1 Å². The number of aromatic nitrogens is 4. The van der Waals surface area contributed by atoms with Gasteiger partial charge in [0.2, 0.25) is 5.95 Å². The molecule has 1 saturated carbocycles. The number of fused-ring (bicyclic) bond motifs is 6. The summed E-state index contributed by atoms with van der Waals surface area (Å²) < 4.78 is 24.2. The average Bonchev–Trinajstić information content (AvgIpc) is 3.45. The van der Waals surface area contributed by atoms with E-state index in [0.717, 1.165) is 36.0 Å². The van der Waals surface area contributed by atoms with E-state index in [-0.39, 0.29) is 18.1 Å². The molecule has 3 unspecified atom stereocenters. The van der Waals surface area contributed by atoms with Crippen molar-refractivity contribution in [2.45, 2.75) is 64.1 Å². The molecule has 3 fully saturated rings. The van der Waals surface area contributed by atoms with Crippen molar-refractivity contribution in [3.63, 3.8) is 0 Å². The third-order valence-corrected chi connectivity index (χ3v) is 8.17. The lowest BCUT2D eigenvalue weighted by Crippen LogP contribution is -2.55. The summed E-state index contributed by atoms with van der Waals surface area (Å²) in [5.41, 5.74) is 1.76. The minimum atomic E-state index is -0.554. The topological polar surface area (TPSA) is 112 Å². The maximum Gasteiger partial charge on any atom is 0.410 e. The van der Waals surface area contributed by atoms with Gasteiger partial charge in [-0.15, -0.1) is 5.10 Å². The number of hydrogen-bond donors (Lipinski definition) is 1. The van der Waals surface area contributed by atoms with E-state index in [2.05, 4.69) is 5.32 Å². The number of hydrogen-bond acceptors (Lipinski definition) is 9. The van der Waals surface area contributed by atoms with Crippen molar-refractivity contribution in [3.05, 3.63) is 47.8 Å². The molecule has 1 aliphatic carbocycles. The van der Waals surface area contributed by atoms with E-state index in [9.17, 15) is 4.79 Å². The molecule has 2 aromatic carbocycles. The molecule has 11 nitrogen and oxygen atoms in total. The summed E-state index contributed by atoms with van der Waals surface area (Å²) in [7, 11) is 4.90. The molecule has 3 atom stereocenters. The van der Waals surface area contributed by atoms with Gasteiger partial charge in [-0.05, 0) is 70.2 Å². The van der Waals surface area contributed by atoms with E-state index in [0.29, 0.717) is 53.4 Å². The zero-order valence-corrected chi connectivity index (χ0v) is 25.0. The Hall–Kier alpha value is -4.28. The van der Waals surface area contributed by atoms with Gasteiger partial charge in [0.05, 0.1) is 21.3 Å². The number of benzene rings is 2. The monoisotopic (exact) mass is 574 g/mol. The lowest BCUT2D eigenvalue weighted by molar-refractivity contribution is -0.0200. The SMILES string of the molecule is COc1ccc(CNc2nc3c(OC)cccc3c3nc(C4CC5CCC4N(C(=O)OC(C)(C)C)C5)nn23)c(OC)c1. The summed E-state index contributed by atoms with van der Waals surface area (Å²) in [6.45, 7) is 6.84. The van der Waals surface area contributed by atoms with Crippen molar-refractivity contribution in [2.75, 3.05) is 33.2 Å². The standard InChI is InChI=1S/C31H38N6O5/c1-31(2,3)42-30(38)36-17-18-10-13-23(36)22(14-18)27-34-28-21-8-7-9-24(40-5)26(21)33-29(37(28)35-27)32-16-19-11-12-20(39-4)15-25(19)41-6/h7-9,11-12,15,18,22-23H,10,13-14,16-17H2,1-6H3,(H,32,33). The first-order valence-corrected chi connectivity index (χ1v) is 14.4. The highest BCUT2D eigenvalue weighted by Gasteiger charge is 2.46. The van der Waals surface area contributed by atoms with E-state index in [1.165, 1.54) is 0 Å². The number of nitrogens with zero attached hydrogens (tertiary/aromatic N) is 5. The van der Waals surface area contributed by atoms with Crippen molar-refractivity contribution in [2.24, 2.45) is 5.92 Å². The minimum Gasteiger partial charge on any atom is -0.497 e. The number of anilines is 1. The number of rotatable bonds is 7. The Morgan fingerprint density at radius 2 is 1.83 bits per heavy atom. The summed E-state index contributed by atoms with van der Waals surface area (Å²) >= 11 is 0. The zero-order chi connectivity index (χ0) is 29.6. The summed E-state index contributed by atoms with van der Waals surface area (Å²) in [6.07, 6.45) is 2.66. The van der Waals surface area contributed by atoms with Gasteiger partial charge in [0.25, 0.3) is 0 Å². The van der Waals surface area contributed by atoms with Crippen LogP contribution in [-0.2, 0) is 11.3 Å². The van der Waals surface area contributed by atoms with Crippen molar-refractivity contribution < 1.29 is 23.7 Å². The van der Waals surface area contributed by atoms with Gasteiger partial charge >= 0.3 is 6.09 Å². The van der Waals surface area contributed by atoms with Gasteiger partial charge in [-0.3, -0.25) is 0 Å². The number of nitrogens with one attached hydrogen (secondary N) is 1. The molecule has 1 N–H and O–H groups in total. The van der Waals surface area contributed by atoms with E-state index >= 15 is 0 Å². The predicted molar refractivity (Wildman–Crippen MR) is 159 cm³/mol. The molecule has 3 aliphatic rings. The van der Waals surface area contributed by atoms with Crippen LogP contribution in [0, 0.1) is 5.92 Å². The molecule has 222 valence electrons. The fourth-order valence-electron chi connectivity index (χ4n) is 6.23. The molecule has 2 saturated heterocycles. The molecule has 0 radical (unpaired) electrons. The van der Waals surface area contributed by atoms with Gasteiger partial charge in [0, 0.05) is 42.1 Å². The van der Waals surface area contributed by atoms with Crippen LogP contribution >= 0.6 is 0 Å². The van der Waals surface area contributed by atoms with Crippen molar-refractivity contribution in [1.82, 2.24) is 24.5 Å². The molecule has 4 heterocycles. The van der Waals surface area contributed by atoms with Gasteiger partial charge in [-0.2, -0.15) is 4.52 Å². The van der Waals surface area contributed by atoms with Gasteiger partial charge in [-0.1, -0.05) is 6.07 Å². The number of piperidine rings is 2. The number of ether oxygens (including phenoxy) is 4. The maximum atomic E-state index is 13.2. The number of methoxy groups -OCH3 is 3. The average molecular weight is 575 g/mol. The highest BCUT2D eigenvalue weighted by molar-refractivity contribution is 5.96. The first kappa shape index (κ1) is 27.9. The molecule has 4 aromatic rings. The van der Waals surface area contributed by atoms with Gasteiger partial charge in [0.1, 0.15) is 28.4 Å². The van der Waals surface area contributed by atoms with Gasteiger partial charge < -0.3 is 29.2 Å². The third-order valence-electron chi connectivity index (χ3n) is 8.17. The fourth-order valence-corrected chi connectivity index (χ4v) is 6.23. The highest BCUT2D eigenvalue weighted by atomic mass is 16.6. The van der Waals surface area contributed by atoms with E-state index in [1.54, 1.807) is 25.8 Å². The lowest BCUT2D eigenvalue weighted by Gasteiger charge is -2.48. The minimum absolute atomic E-state index is 0.000100. The predicted octanol–water partition coefficient (Wildman–Crippen LogP) is 5.42. The van der Waals surface area contributed by atoms with E-state index in [4.69, 9.17) is 34.0 Å². The van der Waals surface area contributed by atoms with Crippen LogP contribution in [0.4, 0.5) is 10.7 Å². The molecule has 1 amide bonds. The van der Waals surface area contributed by atoms with Crippen LogP contribution in [-0.4, -0.2) is 70.1 Å². The second-order valence-electron chi connectivity index (χ2n) is 12.0. The summed E-state index contributed by atoms with van der Waals surface area (Å²) in [4.78, 5) is 25.1. The van der Waals surface area contributed by atoms with E-state index < -0.39 is 5.60 Å². The largest absolute Gasteiger partial charge is 0.497 e. The summed E-state index contributed by atoms with van der Waals surface area (Å²) in [5.74, 6) is 3.70. The molecule has 0 spiro atoms. The zero-order valence-electron chi connectivity index (χ0n) is 25.0. The Morgan fingerprint density at radius 1 is 1.02 bits per heavy atom. The normalized spacial score (nSPS) is 20.1. The van der Waals surface area contributed by atoms with Crippen molar-refractivity contribution in [1.29, 1.82) is 0 Å². The lowest BCUT2D eigenvalue weighted by atomic mass is 9.72. The smallest absolute Gasteiger partial charge is 0.410 e. The third kappa shape index (κ3) is 5.12. The van der Waals surface area contributed by atoms with Crippen molar-refractivity contribution in [3.8, 4) is 17.2 Å². The van der Waals surface area contributed by atoms with Crippen LogP contribution < -0.4 is 19.5 Å². The van der Waals surface area contributed by atoms with Gasteiger partial charge in [0.15, 0.2) is 11.5 Å². The molecule has 42 heavy (non-hydrogen) atoms. The van der Waals surface area contributed by atoms with Crippen LogP contribution in [0.25, 0.3) is 16.6 Å².